The number of hydrogen-bond donors (Lipinski definition) is 1. The SMILES string of the molecule is Cc1c(N)nc(C(C)C)nc1Sc1cccc(Cl)c1. The standard InChI is InChI=1S/C14H16ClN3S/c1-8(2)13-17-12(16)9(3)14(18-13)19-11-6-4-5-10(15)7-11/h4-8H,1-3H3,(H2,16,17,18). The number of aromatic nitrogens is 2. The lowest BCUT2D eigenvalue weighted by Gasteiger charge is -2.11. The van der Waals surface area contributed by atoms with E-state index in [4.69, 9.17) is 17.3 Å². The number of nitrogen functional groups attached to an aromatic ring is 1. The lowest BCUT2D eigenvalue weighted by atomic mass is 10.2. The average molecular weight is 294 g/mol. The minimum atomic E-state index is 0.251. The van der Waals surface area contributed by atoms with Crippen molar-refractivity contribution >= 4 is 29.2 Å². The first-order valence-corrected chi connectivity index (χ1v) is 7.24. The van der Waals surface area contributed by atoms with Crippen molar-refractivity contribution in [2.75, 3.05) is 5.73 Å². The molecule has 0 saturated heterocycles. The highest BCUT2D eigenvalue weighted by atomic mass is 35.5. The normalized spacial score (nSPS) is 11.0. The summed E-state index contributed by atoms with van der Waals surface area (Å²) in [7, 11) is 0. The number of rotatable bonds is 3. The van der Waals surface area contributed by atoms with Gasteiger partial charge in [-0.25, -0.2) is 9.97 Å². The van der Waals surface area contributed by atoms with Crippen LogP contribution in [0.1, 0.15) is 31.2 Å². The Morgan fingerprint density at radius 1 is 1.26 bits per heavy atom. The van der Waals surface area contributed by atoms with Crippen molar-refractivity contribution in [2.24, 2.45) is 0 Å². The van der Waals surface area contributed by atoms with Crippen LogP contribution in [0.3, 0.4) is 0 Å². The van der Waals surface area contributed by atoms with Crippen LogP contribution in [0.4, 0.5) is 5.82 Å². The van der Waals surface area contributed by atoms with Crippen molar-refractivity contribution in [2.45, 2.75) is 36.6 Å². The van der Waals surface area contributed by atoms with Crippen LogP contribution in [0.15, 0.2) is 34.2 Å². The molecular formula is C14H16ClN3S. The van der Waals surface area contributed by atoms with Crippen molar-refractivity contribution < 1.29 is 0 Å². The first-order chi connectivity index (χ1) is 8.97. The molecule has 1 aromatic heterocycles. The van der Waals surface area contributed by atoms with Crippen molar-refractivity contribution in [1.82, 2.24) is 9.97 Å². The number of nitrogens with zero attached hydrogens (tertiary/aromatic N) is 2. The molecule has 0 fully saturated rings. The summed E-state index contributed by atoms with van der Waals surface area (Å²) in [6, 6.07) is 7.70. The van der Waals surface area contributed by atoms with Crippen molar-refractivity contribution in [3.05, 3.63) is 40.7 Å². The lowest BCUT2D eigenvalue weighted by molar-refractivity contribution is 0.751. The highest BCUT2D eigenvalue weighted by molar-refractivity contribution is 7.99. The maximum atomic E-state index is 5.99. The number of halogens is 1. The zero-order valence-corrected chi connectivity index (χ0v) is 12.7. The summed E-state index contributed by atoms with van der Waals surface area (Å²) in [5.74, 6) is 1.57. The summed E-state index contributed by atoms with van der Waals surface area (Å²) in [4.78, 5) is 9.95. The van der Waals surface area contributed by atoms with Gasteiger partial charge in [-0.3, -0.25) is 0 Å². The molecule has 0 spiro atoms. The second-order valence-electron chi connectivity index (χ2n) is 4.61. The van der Waals surface area contributed by atoms with E-state index in [-0.39, 0.29) is 5.92 Å². The average Bonchev–Trinajstić information content (AvgIpc) is 2.34. The molecule has 0 radical (unpaired) electrons. The summed E-state index contributed by atoms with van der Waals surface area (Å²) in [5, 5.41) is 1.60. The lowest BCUT2D eigenvalue weighted by Crippen LogP contribution is -2.05. The monoisotopic (exact) mass is 293 g/mol. The van der Waals surface area contributed by atoms with E-state index in [1.165, 1.54) is 0 Å². The van der Waals surface area contributed by atoms with Crippen LogP contribution in [0.25, 0.3) is 0 Å². The zero-order chi connectivity index (χ0) is 14.0. The molecule has 1 heterocycles. The Balaban J connectivity index is 2.39. The fraction of sp³-hybridized carbons (Fsp3) is 0.286. The second-order valence-corrected chi connectivity index (χ2v) is 6.11. The third-order valence-corrected chi connectivity index (χ3v) is 4.00. The van der Waals surface area contributed by atoms with Gasteiger partial charge in [-0.05, 0) is 25.1 Å². The number of benzene rings is 1. The molecule has 5 heteroatoms. The fourth-order valence-electron chi connectivity index (χ4n) is 1.53. The third kappa shape index (κ3) is 3.39. The molecule has 0 aliphatic heterocycles. The van der Waals surface area contributed by atoms with Gasteiger partial charge in [0.25, 0.3) is 0 Å². The van der Waals surface area contributed by atoms with E-state index >= 15 is 0 Å². The van der Waals surface area contributed by atoms with Crippen LogP contribution >= 0.6 is 23.4 Å². The molecule has 0 saturated carbocycles. The van der Waals surface area contributed by atoms with Crippen LogP contribution in [0.2, 0.25) is 5.02 Å². The Hall–Kier alpha value is -1.26. The fourth-order valence-corrected chi connectivity index (χ4v) is 2.74. The molecule has 0 amide bonds. The summed E-state index contributed by atoms with van der Waals surface area (Å²) in [6.45, 7) is 6.04. The number of hydrogen-bond acceptors (Lipinski definition) is 4. The van der Waals surface area contributed by atoms with Crippen molar-refractivity contribution in [3.63, 3.8) is 0 Å². The molecule has 0 atom stereocenters. The molecule has 100 valence electrons. The van der Waals surface area contributed by atoms with E-state index in [0.717, 1.165) is 21.3 Å². The minimum Gasteiger partial charge on any atom is -0.383 e. The van der Waals surface area contributed by atoms with Gasteiger partial charge in [0.05, 0.1) is 0 Å². The van der Waals surface area contributed by atoms with Gasteiger partial charge in [-0.2, -0.15) is 0 Å². The molecule has 0 unspecified atom stereocenters. The Bertz CT molecular complexity index is 599. The van der Waals surface area contributed by atoms with Gasteiger partial charge in [0, 0.05) is 21.4 Å². The molecule has 0 aliphatic carbocycles. The maximum Gasteiger partial charge on any atom is 0.134 e. The van der Waals surface area contributed by atoms with Gasteiger partial charge >= 0.3 is 0 Å². The van der Waals surface area contributed by atoms with E-state index < -0.39 is 0 Å². The van der Waals surface area contributed by atoms with Crippen molar-refractivity contribution in [3.8, 4) is 0 Å². The van der Waals surface area contributed by atoms with Crippen LogP contribution in [0.5, 0.6) is 0 Å². The van der Waals surface area contributed by atoms with E-state index in [9.17, 15) is 0 Å². The first kappa shape index (κ1) is 14.2. The summed E-state index contributed by atoms with van der Waals surface area (Å²) in [6.07, 6.45) is 0. The van der Waals surface area contributed by atoms with Gasteiger partial charge in [-0.15, -0.1) is 0 Å². The summed E-state index contributed by atoms with van der Waals surface area (Å²) >= 11 is 7.55. The highest BCUT2D eigenvalue weighted by Gasteiger charge is 2.12. The second kappa shape index (κ2) is 5.80. The van der Waals surface area contributed by atoms with E-state index in [2.05, 4.69) is 23.8 Å². The van der Waals surface area contributed by atoms with Crippen LogP contribution < -0.4 is 5.73 Å². The predicted octanol–water partition coefficient (Wildman–Crippen LogP) is 4.30. The molecule has 19 heavy (non-hydrogen) atoms. The first-order valence-electron chi connectivity index (χ1n) is 6.05. The third-order valence-electron chi connectivity index (χ3n) is 2.68. The van der Waals surface area contributed by atoms with Crippen LogP contribution in [-0.2, 0) is 0 Å². The van der Waals surface area contributed by atoms with Gasteiger partial charge in [0.2, 0.25) is 0 Å². The van der Waals surface area contributed by atoms with Gasteiger partial charge in [0.1, 0.15) is 16.7 Å². The molecule has 2 aromatic rings. The van der Waals surface area contributed by atoms with Crippen LogP contribution in [-0.4, -0.2) is 9.97 Å². The molecule has 0 aliphatic rings. The van der Waals surface area contributed by atoms with Gasteiger partial charge in [-0.1, -0.05) is 43.3 Å². The molecule has 2 N–H and O–H groups in total. The summed E-state index contributed by atoms with van der Waals surface area (Å²) in [5.41, 5.74) is 6.86. The van der Waals surface area contributed by atoms with E-state index in [1.54, 1.807) is 11.8 Å². The van der Waals surface area contributed by atoms with E-state index in [0.29, 0.717) is 10.8 Å². The molecule has 1 aromatic carbocycles. The Morgan fingerprint density at radius 2 is 2.00 bits per heavy atom. The van der Waals surface area contributed by atoms with E-state index in [1.807, 2.05) is 31.2 Å². The Labute approximate surface area is 122 Å². The van der Waals surface area contributed by atoms with Gasteiger partial charge in [0.15, 0.2) is 0 Å². The van der Waals surface area contributed by atoms with Crippen LogP contribution in [0, 0.1) is 6.92 Å². The number of anilines is 1. The molecule has 3 nitrogen and oxygen atoms in total. The Morgan fingerprint density at radius 3 is 2.63 bits per heavy atom. The molecular weight excluding hydrogens is 278 g/mol. The highest BCUT2D eigenvalue weighted by Crippen LogP contribution is 2.32. The molecule has 2 rings (SSSR count). The van der Waals surface area contributed by atoms with Crippen molar-refractivity contribution in [1.29, 1.82) is 0 Å². The zero-order valence-electron chi connectivity index (χ0n) is 11.1. The largest absolute Gasteiger partial charge is 0.383 e. The Kier molecular flexibility index (Phi) is 4.32. The molecule has 0 bridgehead atoms. The summed E-state index contributed by atoms with van der Waals surface area (Å²) < 4.78 is 0. The maximum absolute atomic E-state index is 5.99. The number of nitrogens with two attached hydrogens (primary N) is 1. The minimum absolute atomic E-state index is 0.251. The van der Waals surface area contributed by atoms with Gasteiger partial charge < -0.3 is 5.73 Å². The predicted molar refractivity (Wildman–Crippen MR) is 80.8 cm³/mol. The quantitative estimate of drug-likeness (QED) is 0.858. The smallest absolute Gasteiger partial charge is 0.134 e. The topological polar surface area (TPSA) is 51.8 Å².